The summed E-state index contributed by atoms with van der Waals surface area (Å²) in [6, 6.07) is 13.6. The molecule has 6 rings (SSSR count). The second kappa shape index (κ2) is 6.84. The summed E-state index contributed by atoms with van der Waals surface area (Å²) in [6.07, 6.45) is 1.14. The topological polar surface area (TPSA) is 85.8 Å². The van der Waals surface area contributed by atoms with Gasteiger partial charge >= 0.3 is 0 Å². The van der Waals surface area contributed by atoms with E-state index in [2.05, 4.69) is 40.4 Å². The molecule has 7 nitrogen and oxygen atoms in total. The fourth-order valence-corrected chi connectivity index (χ4v) is 4.60. The predicted molar refractivity (Wildman–Crippen MR) is 121 cm³/mol. The Bertz CT molecular complexity index is 1420. The van der Waals surface area contributed by atoms with Crippen LogP contribution in [0.25, 0.3) is 22.8 Å². The van der Waals surface area contributed by atoms with Crippen LogP contribution >= 0.6 is 0 Å². The number of amides is 1. The second-order valence-electron chi connectivity index (χ2n) is 9.21. The standard InChI is InChI=1S/C25H22FN5O2/c1-13-8-9-14(21-29-24(33-30-21)16-11-18(16)26)10-19(13)28-23(32)20-12-27-22-15-6-4-5-7-17(15)25(2,3)31(20)22/h4-10,12,16,18H,11H2,1-3H3,(H,28,32)/t16-,18-/m0/s1. The minimum Gasteiger partial charge on any atom is -0.339 e. The number of benzene rings is 2. The number of anilines is 1. The third-order valence-electron chi connectivity index (χ3n) is 6.60. The Morgan fingerprint density at radius 3 is 2.82 bits per heavy atom. The van der Waals surface area contributed by atoms with Gasteiger partial charge in [-0.05, 0) is 44.4 Å². The molecule has 0 radical (unpaired) electrons. The maximum atomic E-state index is 13.3. The number of imidazole rings is 1. The Hall–Kier alpha value is -3.81. The van der Waals surface area contributed by atoms with Crippen LogP contribution in [0, 0.1) is 6.92 Å². The first kappa shape index (κ1) is 19.8. The lowest BCUT2D eigenvalue weighted by Crippen LogP contribution is -2.29. The van der Waals surface area contributed by atoms with Gasteiger partial charge < -0.3 is 14.4 Å². The van der Waals surface area contributed by atoms with Crippen LogP contribution < -0.4 is 5.32 Å². The fourth-order valence-electron chi connectivity index (χ4n) is 4.60. The van der Waals surface area contributed by atoms with Gasteiger partial charge in [0.25, 0.3) is 5.91 Å². The number of aryl methyl sites for hydroxylation is 1. The zero-order valence-electron chi connectivity index (χ0n) is 18.5. The third kappa shape index (κ3) is 3.01. The summed E-state index contributed by atoms with van der Waals surface area (Å²) in [6.45, 7) is 6.09. The zero-order chi connectivity index (χ0) is 22.9. The normalized spacial score (nSPS) is 19.8. The molecule has 1 saturated carbocycles. The van der Waals surface area contributed by atoms with Crippen molar-refractivity contribution in [3.63, 3.8) is 0 Å². The van der Waals surface area contributed by atoms with E-state index in [9.17, 15) is 9.18 Å². The van der Waals surface area contributed by atoms with Gasteiger partial charge in [0.15, 0.2) is 0 Å². The van der Waals surface area contributed by atoms with Crippen LogP contribution in [-0.2, 0) is 5.54 Å². The van der Waals surface area contributed by atoms with Crippen molar-refractivity contribution < 1.29 is 13.7 Å². The van der Waals surface area contributed by atoms with E-state index in [1.54, 1.807) is 6.20 Å². The van der Waals surface area contributed by atoms with Crippen LogP contribution in [0.2, 0.25) is 0 Å². The lowest BCUT2D eigenvalue weighted by atomic mass is 9.93. The summed E-state index contributed by atoms with van der Waals surface area (Å²) in [7, 11) is 0. The summed E-state index contributed by atoms with van der Waals surface area (Å²) in [5, 5.41) is 7.01. The lowest BCUT2D eigenvalue weighted by molar-refractivity contribution is 0.101. The summed E-state index contributed by atoms with van der Waals surface area (Å²) >= 11 is 0. The highest BCUT2D eigenvalue weighted by Gasteiger charge is 2.43. The Morgan fingerprint density at radius 2 is 2.03 bits per heavy atom. The molecular weight excluding hydrogens is 421 g/mol. The first-order valence-electron chi connectivity index (χ1n) is 10.9. The largest absolute Gasteiger partial charge is 0.339 e. The molecule has 0 spiro atoms. The molecule has 166 valence electrons. The maximum absolute atomic E-state index is 13.3. The number of fused-ring (bicyclic) bond motifs is 3. The number of nitrogens with one attached hydrogen (secondary N) is 1. The number of carbonyl (C=O) groups excluding carboxylic acids is 1. The number of hydrogen-bond donors (Lipinski definition) is 1. The van der Waals surface area contributed by atoms with Crippen molar-refractivity contribution in [2.24, 2.45) is 0 Å². The molecule has 1 N–H and O–H groups in total. The highest BCUT2D eigenvalue weighted by atomic mass is 19.1. The SMILES string of the molecule is Cc1ccc(-c2noc([C@H]3C[C@@H]3F)n2)cc1NC(=O)c1cnc2n1C(C)(C)c1ccccc1-2. The number of rotatable bonds is 4. The van der Waals surface area contributed by atoms with Crippen LogP contribution in [0.4, 0.5) is 10.1 Å². The first-order valence-corrected chi connectivity index (χ1v) is 10.9. The van der Waals surface area contributed by atoms with Gasteiger partial charge in [0.1, 0.15) is 17.7 Å². The van der Waals surface area contributed by atoms with Gasteiger partial charge in [-0.3, -0.25) is 4.79 Å². The van der Waals surface area contributed by atoms with Gasteiger partial charge in [0.2, 0.25) is 11.7 Å². The molecule has 2 aromatic carbocycles. The molecule has 0 saturated heterocycles. The fraction of sp³-hybridized carbons (Fsp3) is 0.280. The average molecular weight is 443 g/mol. The number of nitrogens with zero attached hydrogens (tertiary/aromatic N) is 4. The molecule has 0 unspecified atom stereocenters. The smallest absolute Gasteiger partial charge is 0.273 e. The first-order chi connectivity index (χ1) is 15.8. The van der Waals surface area contributed by atoms with Gasteiger partial charge in [-0.1, -0.05) is 41.6 Å². The molecule has 2 aromatic heterocycles. The summed E-state index contributed by atoms with van der Waals surface area (Å²) in [5.74, 6) is 0.938. The molecule has 8 heteroatoms. The number of aromatic nitrogens is 4. The van der Waals surface area contributed by atoms with Crippen molar-refractivity contribution >= 4 is 11.6 Å². The average Bonchev–Trinajstić information content (AvgIpc) is 3.17. The van der Waals surface area contributed by atoms with Crippen molar-refractivity contribution in [3.8, 4) is 22.8 Å². The van der Waals surface area contributed by atoms with E-state index in [1.807, 2.05) is 47.9 Å². The van der Waals surface area contributed by atoms with Gasteiger partial charge in [-0.2, -0.15) is 4.98 Å². The van der Waals surface area contributed by atoms with E-state index in [0.717, 1.165) is 22.5 Å². The Labute approximate surface area is 189 Å². The summed E-state index contributed by atoms with van der Waals surface area (Å²) in [5.41, 5.74) is 4.49. The Kier molecular flexibility index (Phi) is 4.11. The molecule has 1 fully saturated rings. The van der Waals surface area contributed by atoms with Crippen molar-refractivity contribution in [1.82, 2.24) is 19.7 Å². The van der Waals surface area contributed by atoms with E-state index in [0.29, 0.717) is 35.1 Å². The number of halogens is 1. The van der Waals surface area contributed by atoms with Crippen LogP contribution in [0.5, 0.6) is 0 Å². The molecule has 4 aromatic rings. The molecule has 0 bridgehead atoms. The predicted octanol–water partition coefficient (Wildman–Crippen LogP) is 5.08. The third-order valence-corrected chi connectivity index (χ3v) is 6.60. The van der Waals surface area contributed by atoms with Crippen molar-refractivity contribution in [3.05, 3.63) is 71.4 Å². The number of carbonyl (C=O) groups is 1. The van der Waals surface area contributed by atoms with Crippen LogP contribution in [-0.4, -0.2) is 31.8 Å². The Balaban J connectivity index is 1.31. The molecule has 33 heavy (non-hydrogen) atoms. The van der Waals surface area contributed by atoms with E-state index in [4.69, 9.17) is 4.52 Å². The van der Waals surface area contributed by atoms with Gasteiger partial charge in [0, 0.05) is 16.8 Å². The molecule has 3 heterocycles. The summed E-state index contributed by atoms with van der Waals surface area (Å²) < 4.78 is 20.5. The highest BCUT2D eigenvalue weighted by molar-refractivity contribution is 6.04. The van der Waals surface area contributed by atoms with Crippen LogP contribution in [0.1, 0.15) is 53.7 Å². The minimum absolute atomic E-state index is 0.248. The minimum atomic E-state index is -0.904. The molecule has 1 aliphatic carbocycles. The van der Waals surface area contributed by atoms with Crippen molar-refractivity contribution in [2.45, 2.75) is 44.8 Å². The van der Waals surface area contributed by atoms with Crippen molar-refractivity contribution in [1.29, 1.82) is 0 Å². The van der Waals surface area contributed by atoms with Gasteiger partial charge in [-0.15, -0.1) is 0 Å². The number of hydrogen-bond acceptors (Lipinski definition) is 5. The highest BCUT2D eigenvalue weighted by Crippen LogP contribution is 2.44. The van der Waals surface area contributed by atoms with Gasteiger partial charge in [0.05, 0.1) is 17.7 Å². The monoisotopic (exact) mass is 443 g/mol. The Morgan fingerprint density at radius 1 is 1.24 bits per heavy atom. The van der Waals surface area contributed by atoms with E-state index >= 15 is 0 Å². The molecule has 2 atom stereocenters. The van der Waals surface area contributed by atoms with E-state index < -0.39 is 11.7 Å². The van der Waals surface area contributed by atoms with Crippen LogP contribution in [0.15, 0.2) is 53.2 Å². The molecule has 1 aliphatic heterocycles. The molecular formula is C25H22FN5O2. The molecule has 1 amide bonds. The zero-order valence-corrected chi connectivity index (χ0v) is 18.5. The van der Waals surface area contributed by atoms with Crippen LogP contribution in [0.3, 0.4) is 0 Å². The maximum Gasteiger partial charge on any atom is 0.273 e. The quantitative estimate of drug-likeness (QED) is 0.475. The van der Waals surface area contributed by atoms with Crippen molar-refractivity contribution in [2.75, 3.05) is 5.32 Å². The lowest BCUT2D eigenvalue weighted by Gasteiger charge is -2.25. The summed E-state index contributed by atoms with van der Waals surface area (Å²) in [4.78, 5) is 22.2. The van der Waals surface area contributed by atoms with Gasteiger partial charge in [-0.25, -0.2) is 9.37 Å². The number of alkyl halides is 1. The second-order valence-corrected chi connectivity index (χ2v) is 9.21. The van der Waals surface area contributed by atoms with E-state index in [1.165, 1.54) is 0 Å². The molecule has 2 aliphatic rings. The van der Waals surface area contributed by atoms with E-state index in [-0.39, 0.29) is 11.8 Å².